The smallest absolute Gasteiger partial charge is 0.114 e. The molecule has 2 heterocycles. The number of nitrogens with zero attached hydrogens (tertiary/aromatic N) is 2. The van der Waals surface area contributed by atoms with Crippen molar-refractivity contribution in [2.24, 2.45) is 0 Å². The lowest BCUT2D eigenvalue weighted by Crippen LogP contribution is -2.14. The monoisotopic (exact) mass is 165 g/mol. The van der Waals surface area contributed by atoms with Crippen molar-refractivity contribution in [3.8, 4) is 0 Å². The third-order valence-corrected chi connectivity index (χ3v) is 1.77. The zero-order chi connectivity index (χ0) is 8.55. The molecule has 0 aliphatic heterocycles. The maximum Gasteiger partial charge on any atom is 0.114 e. The summed E-state index contributed by atoms with van der Waals surface area (Å²) < 4.78 is 1.86. The molecule has 0 fully saturated rings. The molecule has 0 saturated carbocycles. The predicted octanol–water partition coefficient (Wildman–Crippen LogP) is 0.772. The van der Waals surface area contributed by atoms with Gasteiger partial charge >= 0.3 is 0 Å². The molecular formula is C8H11N3O. The van der Waals surface area contributed by atoms with Crippen molar-refractivity contribution in [2.45, 2.75) is 6.92 Å². The van der Waals surface area contributed by atoms with Crippen molar-refractivity contribution in [3.05, 3.63) is 24.5 Å². The van der Waals surface area contributed by atoms with E-state index in [9.17, 15) is 0 Å². The van der Waals surface area contributed by atoms with E-state index in [0.29, 0.717) is 6.61 Å². The van der Waals surface area contributed by atoms with Gasteiger partial charge in [-0.1, -0.05) is 0 Å². The lowest BCUT2D eigenvalue weighted by Gasteiger charge is -2.03. The highest BCUT2D eigenvalue weighted by Gasteiger charge is 2.02. The van der Waals surface area contributed by atoms with Crippen molar-refractivity contribution >= 4 is 11.2 Å². The number of nitrogen functional groups attached to an aromatic ring is 1. The number of nitrogens with two attached hydrogens (primary N) is 1. The molecule has 2 aromatic heterocycles. The van der Waals surface area contributed by atoms with Gasteiger partial charge in [0.15, 0.2) is 0 Å². The third-order valence-electron chi connectivity index (χ3n) is 1.77. The first-order valence-corrected chi connectivity index (χ1v) is 3.90. The number of anilines is 1. The Kier molecular flexibility index (Phi) is 1.46. The van der Waals surface area contributed by atoms with Gasteiger partial charge in [-0.3, -0.25) is 0 Å². The molecule has 0 spiro atoms. The zero-order valence-corrected chi connectivity index (χ0v) is 6.90. The topological polar surface area (TPSA) is 44.6 Å². The van der Waals surface area contributed by atoms with E-state index in [1.807, 2.05) is 36.0 Å². The molecule has 0 unspecified atom stereocenters. The minimum atomic E-state index is 0.641. The summed E-state index contributed by atoms with van der Waals surface area (Å²) >= 11 is 0. The number of fused-ring (bicyclic) bond motifs is 1. The summed E-state index contributed by atoms with van der Waals surface area (Å²) in [7, 11) is 0. The Balaban J connectivity index is 2.55. The van der Waals surface area contributed by atoms with Crippen LogP contribution in [0.1, 0.15) is 6.92 Å². The Morgan fingerprint density at radius 2 is 2.25 bits per heavy atom. The second-order valence-electron chi connectivity index (χ2n) is 2.54. The van der Waals surface area contributed by atoms with Crippen molar-refractivity contribution in [3.63, 3.8) is 0 Å². The predicted molar refractivity (Wildman–Crippen MR) is 46.9 cm³/mol. The number of rotatable bonds is 2. The molecule has 0 aromatic carbocycles. The molecule has 12 heavy (non-hydrogen) atoms. The van der Waals surface area contributed by atoms with E-state index in [1.165, 1.54) is 0 Å². The Morgan fingerprint density at radius 1 is 1.42 bits per heavy atom. The van der Waals surface area contributed by atoms with Crippen LogP contribution in [0.2, 0.25) is 0 Å². The number of hydrogen-bond acceptors (Lipinski definition) is 2. The van der Waals surface area contributed by atoms with Crippen LogP contribution in [-0.4, -0.2) is 16.0 Å². The minimum Gasteiger partial charge on any atom is -0.398 e. The molecule has 0 aliphatic rings. The second kappa shape index (κ2) is 2.48. The Labute approximate surface area is 70.1 Å². The van der Waals surface area contributed by atoms with Gasteiger partial charge in [-0.2, -0.15) is 0 Å². The van der Waals surface area contributed by atoms with Crippen LogP contribution in [0.25, 0.3) is 5.52 Å². The molecule has 0 bridgehead atoms. The van der Waals surface area contributed by atoms with Gasteiger partial charge in [0.2, 0.25) is 0 Å². The van der Waals surface area contributed by atoms with Crippen LogP contribution in [0.5, 0.6) is 0 Å². The van der Waals surface area contributed by atoms with Gasteiger partial charge in [0, 0.05) is 6.20 Å². The van der Waals surface area contributed by atoms with Crippen molar-refractivity contribution in [1.82, 2.24) is 9.36 Å². The third kappa shape index (κ3) is 0.845. The highest BCUT2D eigenvalue weighted by Crippen LogP contribution is 2.13. The Morgan fingerprint density at radius 3 is 3.00 bits per heavy atom. The van der Waals surface area contributed by atoms with Crippen LogP contribution < -0.4 is 10.6 Å². The normalized spacial score (nSPS) is 10.8. The molecule has 0 amide bonds. The average molecular weight is 165 g/mol. The van der Waals surface area contributed by atoms with Gasteiger partial charge in [0.1, 0.15) is 6.61 Å². The van der Waals surface area contributed by atoms with Crippen molar-refractivity contribution in [2.75, 3.05) is 12.3 Å². The summed E-state index contributed by atoms with van der Waals surface area (Å²) in [5.41, 5.74) is 7.44. The fourth-order valence-corrected chi connectivity index (χ4v) is 1.24. The lowest BCUT2D eigenvalue weighted by molar-refractivity contribution is 0.0842. The van der Waals surface area contributed by atoms with Crippen LogP contribution in [0.4, 0.5) is 5.69 Å². The van der Waals surface area contributed by atoms with E-state index in [0.717, 1.165) is 11.2 Å². The number of hydrogen-bond donors (Lipinski definition) is 1. The summed E-state index contributed by atoms with van der Waals surface area (Å²) in [4.78, 5) is 6.95. The summed E-state index contributed by atoms with van der Waals surface area (Å²) in [5, 5.41) is 0. The van der Waals surface area contributed by atoms with Gasteiger partial charge < -0.3 is 10.6 Å². The van der Waals surface area contributed by atoms with E-state index in [-0.39, 0.29) is 0 Å². The molecule has 0 saturated heterocycles. The van der Waals surface area contributed by atoms with Crippen LogP contribution in [0, 0.1) is 0 Å². The maximum atomic E-state index is 5.70. The molecule has 2 N–H and O–H groups in total. The van der Waals surface area contributed by atoms with Gasteiger partial charge in [0.25, 0.3) is 0 Å². The second-order valence-corrected chi connectivity index (χ2v) is 2.54. The molecule has 4 nitrogen and oxygen atoms in total. The summed E-state index contributed by atoms with van der Waals surface area (Å²) in [5.74, 6) is 0. The molecule has 4 heteroatoms. The zero-order valence-electron chi connectivity index (χ0n) is 6.90. The van der Waals surface area contributed by atoms with E-state index in [4.69, 9.17) is 10.6 Å². The minimum absolute atomic E-state index is 0.641. The quantitative estimate of drug-likeness (QED) is 0.714. The molecule has 0 radical (unpaired) electrons. The van der Waals surface area contributed by atoms with E-state index < -0.39 is 0 Å². The van der Waals surface area contributed by atoms with E-state index in [1.54, 1.807) is 4.85 Å². The molecule has 0 aliphatic carbocycles. The highest BCUT2D eigenvalue weighted by molar-refractivity contribution is 5.69. The average Bonchev–Trinajstić information content (AvgIpc) is 2.58. The summed E-state index contributed by atoms with van der Waals surface area (Å²) in [6, 6.07) is 3.77. The van der Waals surface area contributed by atoms with Crippen LogP contribution in [-0.2, 0) is 0 Å². The Hall–Kier alpha value is -1.58. The maximum absolute atomic E-state index is 5.70. The summed E-state index contributed by atoms with van der Waals surface area (Å²) in [6.07, 6.45) is 3.72. The lowest BCUT2D eigenvalue weighted by atomic mass is 10.4. The van der Waals surface area contributed by atoms with Crippen molar-refractivity contribution in [1.29, 1.82) is 0 Å². The van der Waals surface area contributed by atoms with Gasteiger partial charge in [0.05, 0.1) is 17.4 Å². The van der Waals surface area contributed by atoms with E-state index in [2.05, 4.69) is 0 Å². The largest absolute Gasteiger partial charge is 0.398 e. The van der Waals surface area contributed by atoms with Gasteiger partial charge in [-0.05, 0) is 19.1 Å². The Bertz CT molecular complexity index is 388. The standard InChI is InChI=1S/C8H11N3O/c1-2-12-11-6-4-8-7(9)3-5-10(8)11/h3-6H,2,9H2,1H3. The molecule has 0 atom stereocenters. The van der Waals surface area contributed by atoms with Crippen molar-refractivity contribution < 1.29 is 4.84 Å². The van der Waals surface area contributed by atoms with Gasteiger partial charge in [-0.15, -0.1) is 4.85 Å². The number of aromatic nitrogens is 2. The first-order valence-electron chi connectivity index (χ1n) is 3.90. The molecule has 2 aromatic rings. The van der Waals surface area contributed by atoms with Crippen LogP contribution in [0.3, 0.4) is 0 Å². The van der Waals surface area contributed by atoms with Gasteiger partial charge in [-0.25, -0.2) is 4.52 Å². The first-order chi connectivity index (χ1) is 5.83. The fourth-order valence-electron chi connectivity index (χ4n) is 1.24. The molecule has 64 valence electrons. The van der Waals surface area contributed by atoms with E-state index >= 15 is 0 Å². The first kappa shape index (κ1) is 7.09. The highest BCUT2D eigenvalue weighted by atomic mass is 16.7. The SMILES string of the molecule is CCOn1ccc2c(N)ccn21. The molecule has 2 rings (SSSR count). The van der Waals surface area contributed by atoms with Crippen LogP contribution >= 0.6 is 0 Å². The fraction of sp³-hybridized carbons (Fsp3) is 0.250. The molecular weight excluding hydrogens is 154 g/mol. The van der Waals surface area contributed by atoms with Crippen LogP contribution in [0.15, 0.2) is 24.5 Å². The summed E-state index contributed by atoms with van der Waals surface area (Å²) in [6.45, 7) is 2.58.